The van der Waals surface area contributed by atoms with Crippen LogP contribution in [0.2, 0.25) is 0 Å². The minimum atomic E-state index is -0.640. The Hall–Kier alpha value is -2.73. The van der Waals surface area contributed by atoms with Crippen molar-refractivity contribution in [2.45, 2.75) is 13.0 Å². The van der Waals surface area contributed by atoms with Gasteiger partial charge in [0.15, 0.2) is 16.6 Å². The molecule has 4 N–H and O–H groups in total. The molecule has 0 aliphatic heterocycles. The summed E-state index contributed by atoms with van der Waals surface area (Å²) in [5, 5.41) is 17.9. The fourth-order valence-electron chi connectivity index (χ4n) is 2.10. The molecule has 1 atom stereocenters. The van der Waals surface area contributed by atoms with Crippen LogP contribution < -0.4 is 21.7 Å². The Bertz CT molecular complexity index is 1020. The first-order valence-corrected chi connectivity index (χ1v) is 6.38. The van der Waals surface area contributed by atoms with Crippen molar-refractivity contribution in [1.82, 2.24) is 4.98 Å². The van der Waals surface area contributed by atoms with Crippen LogP contribution in [0.15, 0.2) is 39.5 Å². The van der Waals surface area contributed by atoms with Gasteiger partial charge in [0.1, 0.15) is 16.8 Å². The highest BCUT2D eigenvalue weighted by Gasteiger charge is 2.09. The van der Waals surface area contributed by atoms with Crippen LogP contribution in [0, 0.1) is 5.41 Å². The molecule has 1 heterocycles. The molecule has 0 amide bonds. The van der Waals surface area contributed by atoms with Gasteiger partial charge in [-0.1, -0.05) is 0 Å². The SMILES string of the molecule is C[C@H](N)C(O)=c1cc2nc3ccc(=N)cc3oc2cc1=O. The van der Waals surface area contributed by atoms with E-state index >= 15 is 0 Å². The standard InChI is InChI=1S/C15H13N3O3/c1-7(16)15(20)9-5-11-14(6-12(9)19)21-13-4-8(17)2-3-10(13)18-11/h2-7,17,20H,16H2,1H3/t7-/m0/s1. The molecule has 0 saturated heterocycles. The maximum atomic E-state index is 12.0. The Balaban J connectivity index is 2.45. The Morgan fingerprint density at radius 3 is 2.71 bits per heavy atom. The van der Waals surface area contributed by atoms with E-state index in [0.717, 1.165) is 0 Å². The van der Waals surface area contributed by atoms with Gasteiger partial charge in [0, 0.05) is 12.1 Å². The molecule has 106 valence electrons. The average molecular weight is 283 g/mol. The monoisotopic (exact) mass is 283 g/mol. The zero-order chi connectivity index (χ0) is 15.1. The summed E-state index contributed by atoms with van der Waals surface area (Å²) in [4.78, 5) is 16.4. The molecule has 0 spiro atoms. The highest BCUT2D eigenvalue weighted by molar-refractivity contribution is 5.82. The lowest BCUT2D eigenvalue weighted by molar-refractivity contribution is 0.465. The molecule has 3 rings (SSSR count). The summed E-state index contributed by atoms with van der Waals surface area (Å²) in [6.07, 6.45) is 0. The molecule has 0 unspecified atom stereocenters. The smallest absolute Gasteiger partial charge is 0.193 e. The topological polar surface area (TPSA) is 113 Å². The summed E-state index contributed by atoms with van der Waals surface area (Å²) in [7, 11) is 0. The normalized spacial score (nSPS) is 14.4. The highest BCUT2D eigenvalue weighted by Crippen LogP contribution is 2.15. The van der Waals surface area contributed by atoms with Crippen LogP contribution in [-0.2, 0) is 0 Å². The fraction of sp³-hybridized carbons (Fsp3) is 0.133. The van der Waals surface area contributed by atoms with Crippen LogP contribution in [-0.4, -0.2) is 16.1 Å². The zero-order valence-electron chi connectivity index (χ0n) is 11.3. The Kier molecular flexibility index (Phi) is 2.95. The molecule has 0 saturated carbocycles. The average Bonchev–Trinajstić information content (AvgIpc) is 2.43. The lowest BCUT2D eigenvalue weighted by Crippen LogP contribution is -2.32. The van der Waals surface area contributed by atoms with Gasteiger partial charge in [0.25, 0.3) is 0 Å². The quantitative estimate of drug-likeness (QED) is 0.564. The number of nitrogens with one attached hydrogen (secondary N) is 1. The minimum Gasteiger partial charge on any atom is -0.510 e. The van der Waals surface area contributed by atoms with E-state index < -0.39 is 6.04 Å². The van der Waals surface area contributed by atoms with Crippen molar-refractivity contribution < 1.29 is 9.52 Å². The summed E-state index contributed by atoms with van der Waals surface area (Å²) in [6, 6.07) is 6.90. The molecule has 0 fully saturated rings. The van der Waals surface area contributed by atoms with Crippen molar-refractivity contribution in [3.63, 3.8) is 0 Å². The van der Waals surface area contributed by atoms with Gasteiger partial charge in [0.05, 0.1) is 16.6 Å². The van der Waals surface area contributed by atoms with E-state index in [1.165, 1.54) is 18.2 Å². The molecule has 0 aliphatic carbocycles. The van der Waals surface area contributed by atoms with Gasteiger partial charge in [-0.05, 0) is 25.1 Å². The lowest BCUT2D eigenvalue weighted by Gasteiger charge is -2.04. The summed E-state index contributed by atoms with van der Waals surface area (Å²) < 4.78 is 5.60. The number of hydrogen-bond donors (Lipinski definition) is 3. The van der Waals surface area contributed by atoms with E-state index in [0.29, 0.717) is 27.6 Å². The second-order valence-electron chi connectivity index (χ2n) is 4.89. The van der Waals surface area contributed by atoms with Crippen molar-refractivity contribution in [3.8, 4) is 0 Å². The van der Waals surface area contributed by atoms with E-state index in [1.807, 2.05) is 0 Å². The van der Waals surface area contributed by atoms with Crippen molar-refractivity contribution in [2.24, 2.45) is 5.73 Å². The molecule has 21 heavy (non-hydrogen) atoms. The van der Waals surface area contributed by atoms with Crippen molar-refractivity contribution in [2.75, 3.05) is 0 Å². The third-order valence-corrected chi connectivity index (χ3v) is 3.19. The number of aliphatic hydroxyl groups excluding tert-OH is 1. The largest absolute Gasteiger partial charge is 0.510 e. The number of aliphatic hydroxyl groups is 1. The van der Waals surface area contributed by atoms with Crippen molar-refractivity contribution in [3.05, 3.63) is 51.1 Å². The Morgan fingerprint density at radius 1 is 1.29 bits per heavy atom. The summed E-state index contributed by atoms with van der Waals surface area (Å²) >= 11 is 0. The van der Waals surface area contributed by atoms with Gasteiger partial charge in [-0.15, -0.1) is 0 Å². The van der Waals surface area contributed by atoms with E-state index in [-0.39, 0.29) is 16.4 Å². The number of rotatable bonds is 1. The second-order valence-corrected chi connectivity index (χ2v) is 4.89. The van der Waals surface area contributed by atoms with Gasteiger partial charge in [-0.25, -0.2) is 4.98 Å². The molecule has 0 aliphatic rings. The van der Waals surface area contributed by atoms with Crippen LogP contribution in [0.3, 0.4) is 0 Å². The summed E-state index contributed by atoms with van der Waals surface area (Å²) in [5.41, 5.74) is 6.97. The van der Waals surface area contributed by atoms with Gasteiger partial charge in [-0.3, -0.25) is 4.79 Å². The third kappa shape index (κ3) is 2.25. The number of hydrogen-bond acceptors (Lipinski definition) is 6. The molecule has 1 aromatic heterocycles. The minimum absolute atomic E-state index is 0.122. The molecular weight excluding hydrogens is 270 g/mol. The first-order valence-electron chi connectivity index (χ1n) is 6.38. The van der Waals surface area contributed by atoms with E-state index in [9.17, 15) is 9.90 Å². The predicted octanol–water partition coefficient (Wildman–Crippen LogP) is 0.553. The molecule has 3 aromatic rings. The number of nitrogens with zero attached hydrogens (tertiary/aromatic N) is 1. The van der Waals surface area contributed by atoms with Crippen molar-refractivity contribution >= 4 is 28.0 Å². The highest BCUT2D eigenvalue weighted by atomic mass is 16.3. The molecule has 0 bridgehead atoms. The maximum absolute atomic E-state index is 12.0. The van der Waals surface area contributed by atoms with Crippen LogP contribution in [0.5, 0.6) is 0 Å². The maximum Gasteiger partial charge on any atom is 0.193 e. The molecule has 6 heteroatoms. The number of benzene rings is 2. The van der Waals surface area contributed by atoms with Crippen LogP contribution in [0.1, 0.15) is 6.92 Å². The molecule has 2 aromatic carbocycles. The predicted molar refractivity (Wildman–Crippen MR) is 78.5 cm³/mol. The van der Waals surface area contributed by atoms with E-state index in [4.69, 9.17) is 15.6 Å². The lowest BCUT2D eigenvalue weighted by atomic mass is 10.2. The number of nitrogens with two attached hydrogens (primary N) is 1. The van der Waals surface area contributed by atoms with Gasteiger partial charge < -0.3 is 20.7 Å². The molecular formula is C15H13N3O3. The molecule has 0 radical (unpaired) electrons. The second kappa shape index (κ2) is 4.68. The fourth-order valence-corrected chi connectivity index (χ4v) is 2.10. The number of fused-ring (bicyclic) bond motifs is 2. The van der Waals surface area contributed by atoms with Crippen molar-refractivity contribution in [1.29, 1.82) is 5.41 Å². The van der Waals surface area contributed by atoms with Gasteiger partial charge in [0.2, 0.25) is 0 Å². The third-order valence-electron chi connectivity index (χ3n) is 3.19. The van der Waals surface area contributed by atoms with E-state index in [1.54, 1.807) is 19.1 Å². The first-order chi connectivity index (χ1) is 9.95. The Labute approximate surface area is 118 Å². The van der Waals surface area contributed by atoms with Gasteiger partial charge >= 0.3 is 0 Å². The summed E-state index contributed by atoms with van der Waals surface area (Å²) in [6.45, 7) is 1.59. The summed E-state index contributed by atoms with van der Waals surface area (Å²) in [5.74, 6) is -0.176. The van der Waals surface area contributed by atoms with Crippen LogP contribution in [0.4, 0.5) is 0 Å². The molecule has 6 nitrogen and oxygen atoms in total. The van der Waals surface area contributed by atoms with E-state index in [2.05, 4.69) is 4.98 Å². The van der Waals surface area contributed by atoms with Crippen LogP contribution in [0.25, 0.3) is 28.0 Å². The Morgan fingerprint density at radius 2 is 2.00 bits per heavy atom. The first kappa shape index (κ1) is 13.3. The van der Waals surface area contributed by atoms with Gasteiger partial charge in [-0.2, -0.15) is 0 Å². The van der Waals surface area contributed by atoms with Crippen LogP contribution >= 0.6 is 0 Å². The zero-order valence-corrected chi connectivity index (χ0v) is 11.3. The number of aromatic nitrogens is 1.